The fourth-order valence-electron chi connectivity index (χ4n) is 4.73. The molecule has 3 N–H and O–H groups in total. The molecule has 3 amide bonds. The van der Waals surface area contributed by atoms with Crippen molar-refractivity contribution in [2.75, 3.05) is 26.8 Å². The summed E-state index contributed by atoms with van der Waals surface area (Å²) in [7, 11) is 1.60. The minimum Gasteiger partial charge on any atom is -0.481 e. The largest absolute Gasteiger partial charge is 0.481 e. The van der Waals surface area contributed by atoms with Crippen molar-refractivity contribution in [1.82, 2.24) is 9.80 Å². The van der Waals surface area contributed by atoms with Gasteiger partial charge in [-0.1, -0.05) is 6.07 Å². The van der Waals surface area contributed by atoms with Gasteiger partial charge in [-0.3, -0.25) is 24.0 Å². The number of carbonyl (C=O) groups excluding carboxylic acids is 4. The van der Waals surface area contributed by atoms with E-state index in [2.05, 4.69) is 0 Å². The van der Waals surface area contributed by atoms with Gasteiger partial charge in [0.15, 0.2) is 5.78 Å². The van der Waals surface area contributed by atoms with Gasteiger partial charge >= 0.3 is 5.97 Å². The van der Waals surface area contributed by atoms with Crippen molar-refractivity contribution in [1.29, 1.82) is 0 Å². The van der Waals surface area contributed by atoms with Gasteiger partial charge in [0, 0.05) is 37.1 Å². The highest BCUT2D eigenvalue weighted by molar-refractivity contribution is 6.04. The van der Waals surface area contributed by atoms with Gasteiger partial charge in [-0.15, -0.1) is 0 Å². The number of Topliss-reactive ketones (excluding diaryl/α,β-unsaturated/α-hetero) is 1. The van der Waals surface area contributed by atoms with E-state index in [9.17, 15) is 24.0 Å². The van der Waals surface area contributed by atoms with Crippen molar-refractivity contribution in [3.05, 3.63) is 34.9 Å². The predicted molar refractivity (Wildman–Crippen MR) is 109 cm³/mol. The SMILES string of the molecule is CN(CC(=O)c1ccc2c(c1)CN(C(CCC(=O)O)C(N)=O)C2=O)C(=O)C1[C@H]2COC[C@@H]12. The van der Waals surface area contributed by atoms with E-state index in [1.807, 2.05) is 0 Å². The Kier molecular flexibility index (Phi) is 5.72. The second-order valence-electron chi connectivity index (χ2n) is 8.66. The van der Waals surface area contributed by atoms with E-state index >= 15 is 0 Å². The first-order chi connectivity index (χ1) is 15.2. The van der Waals surface area contributed by atoms with Crippen molar-refractivity contribution in [3.63, 3.8) is 0 Å². The molecule has 2 heterocycles. The molecule has 32 heavy (non-hydrogen) atoms. The third kappa shape index (κ3) is 3.97. The minimum atomic E-state index is -1.09. The molecule has 1 saturated heterocycles. The number of carboxylic acid groups (broad SMARTS) is 1. The summed E-state index contributed by atoms with van der Waals surface area (Å²) in [5.74, 6) is -2.15. The molecule has 0 radical (unpaired) electrons. The Morgan fingerprint density at radius 3 is 2.56 bits per heavy atom. The van der Waals surface area contributed by atoms with E-state index in [1.54, 1.807) is 13.1 Å². The Hall–Kier alpha value is -3.27. The van der Waals surface area contributed by atoms with Crippen LogP contribution in [-0.4, -0.2) is 77.2 Å². The van der Waals surface area contributed by atoms with Crippen LogP contribution in [0.1, 0.15) is 39.1 Å². The van der Waals surface area contributed by atoms with E-state index in [1.165, 1.54) is 21.9 Å². The van der Waals surface area contributed by atoms with Crippen LogP contribution in [0.2, 0.25) is 0 Å². The summed E-state index contributed by atoms with van der Waals surface area (Å²) in [6, 6.07) is 3.58. The third-order valence-electron chi connectivity index (χ3n) is 6.59. The van der Waals surface area contributed by atoms with Crippen LogP contribution < -0.4 is 5.73 Å². The van der Waals surface area contributed by atoms with Crippen molar-refractivity contribution < 1.29 is 33.8 Å². The van der Waals surface area contributed by atoms with Crippen LogP contribution in [0.5, 0.6) is 0 Å². The van der Waals surface area contributed by atoms with Gasteiger partial charge in [-0.25, -0.2) is 0 Å². The number of benzene rings is 1. The number of carboxylic acids is 1. The number of fused-ring (bicyclic) bond motifs is 2. The molecule has 10 heteroatoms. The van der Waals surface area contributed by atoms with Crippen LogP contribution in [0.25, 0.3) is 0 Å². The van der Waals surface area contributed by atoms with Gasteiger partial charge in [0.05, 0.1) is 19.8 Å². The van der Waals surface area contributed by atoms with E-state index in [0.717, 1.165) is 0 Å². The topological polar surface area (TPSA) is 147 Å². The zero-order chi connectivity index (χ0) is 23.2. The van der Waals surface area contributed by atoms with E-state index in [4.69, 9.17) is 15.6 Å². The number of rotatable bonds is 9. The fraction of sp³-hybridized carbons (Fsp3) is 0.500. The maximum atomic E-state index is 12.8. The molecule has 10 nitrogen and oxygen atoms in total. The monoisotopic (exact) mass is 443 g/mol. The maximum absolute atomic E-state index is 12.8. The number of nitrogens with zero attached hydrogens (tertiary/aromatic N) is 2. The zero-order valence-corrected chi connectivity index (χ0v) is 17.7. The molecule has 4 atom stereocenters. The Morgan fingerprint density at radius 1 is 1.25 bits per heavy atom. The smallest absolute Gasteiger partial charge is 0.303 e. The highest BCUT2D eigenvalue weighted by atomic mass is 16.5. The van der Waals surface area contributed by atoms with Crippen LogP contribution in [0.4, 0.5) is 0 Å². The van der Waals surface area contributed by atoms with E-state index in [-0.39, 0.29) is 55.4 Å². The van der Waals surface area contributed by atoms with Gasteiger partial charge in [0.2, 0.25) is 11.8 Å². The summed E-state index contributed by atoms with van der Waals surface area (Å²) < 4.78 is 5.31. The number of hydrogen-bond acceptors (Lipinski definition) is 6. The van der Waals surface area contributed by atoms with Gasteiger partial charge in [0.1, 0.15) is 6.04 Å². The second-order valence-corrected chi connectivity index (χ2v) is 8.66. The summed E-state index contributed by atoms with van der Waals surface area (Å²) in [5.41, 5.74) is 6.67. The number of amides is 3. The molecule has 1 aromatic carbocycles. The average molecular weight is 443 g/mol. The van der Waals surface area contributed by atoms with E-state index in [0.29, 0.717) is 29.9 Å². The second kappa shape index (κ2) is 8.34. The maximum Gasteiger partial charge on any atom is 0.303 e. The quantitative estimate of drug-likeness (QED) is 0.506. The van der Waals surface area contributed by atoms with Crippen LogP contribution in [0.3, 0.4) is 0 Å². The first kappa shape index (κ1) is 21.9. The molecule has 3 aliphatic rings. The summed E-state index contributed by atoms with van der Waals surface area (Å²) in [6.45, 7) is 1.17. The first-order valence-electron chi connectivity index (χ1n) is 10.5. The molecule has 0 bridgehead atoms. The number of nitrogens with two attached hydrogens (primary N) is 1. The Bertz CT molecular complexity index is 997. The standard InChI is InChI=1S/C22H25N3O7/c1-24(22(31)19-14-9-32-10-15(14)19)8-17(26)11-2-3-13-12(6-11)7-25(21(13)30)16(20(23)29)4-5-18(27)28/h2-3,6,14-16,19H,4-5,7-10H2,1H3,(H2,23,29)(H,27,28)/t14-,15+,16?,19?. The number of hydrogen-bond donors (Lipinski definition) is 2. The van der Waals surface area contributed by atoms with Crippen molar-refractivity contribution >= 4 is 29.5 Å². The molecule has 1 aliphatic carbocycles. The number of likely N-dealkylation sites (N-methyl/N-ethyl adjacent to an activating group) is 1. The summed E-state index contributed by atoms with van der Waals surface area (Å²) >= 11 is 0. The van der Waals surface area contributed by atoms with Crippen LogP contribution >= 0.6 is 0 Å². The summed E-state index contributed by atoms with van der Waals surface area (Å²) in [5, 5.41) is 8.89. The van der Waals surface area contributed by atoms with Gasteiger partial charge in [-0.2, -0.15) is 0 Å². The Morgan fingerprint density at radius 2 is 1.94 bits per heavy atom. The number of aliphatic carboxylic acids is 1. The number of carbonyl (C=O) groups is 5. The molecule has 4 rings (SSSR count). The fourth-order valence-corrected chi connectivity index (χ4v) is 4.73. The van der Waals surface area contributed by atoms with Gasteiger partial charge < -0.3 is 25.4 Å². The highest BCUT2D eigenvalue weighted by Crippen LogP contribution is 2.51. The van der Waals surface area contributed by atoms with E-state index < -0.39 is 23.8 Å². The molecular formula is C22H25N3O7. The summed E-state index contributed by atoms with van der Waals surface area (Å²) in [6.07, 6.45) is -0.385. The molecular weight excluding hydrogens is 418 g/mol. The zero-order valence-electron chi connectivity index (χ0n) is 17.7. The lowest BCUT2D eigenvalue weighted by atomic mass is 10.0. The molecule has 2 unspecified atom stereocenters. The summed E-state index contributed by atoms with van der Waals surface area (Å²) in [4.78, 5) is 63.5. The number of ether oxygens (including phenoxy) is 1. The molecule has 2 aliphatic heterocycles. The molecule has 170 valence electrons. The Labute approximate surface area is 184 Å². The molecule has 0 aromatic heterocycles. The first-order valence-corrected chi connectivity index (χ1v) is 10.5. The number of primary amides is 1. The van der Waals surface area contributed by atoms with Crippen molar-refractivity contribution in [2.24, 2.45) is 23.5 Å². The molecule has 2 fully saturated rings. The normalized spacial score (nSPS) is 24.0. The van der Waals surface area contributed by atoms with Crippen LogP contribution in [0, 0.1) is 17.8 Å². The predicted octanol–water partition coefficient (Wildman–Crippen LogP) is -0.105. The molecule has 1 aromatic rings. The Balaban J connectivity index is 1.42. The molecule has 0 spiro atoms. The minimum absolute atomic E-state index is 0.0538. The third-order valence-corrected chi connectivity index (χ3v) is 6.59. The van der Waals surface area contributed by atoms with Gasteiger partial charge in [-0.05, 0) is 36.0 Å². The lowest BCUT2D eigenvalue weighted by Gasteiger charge is -2.24. The highest BCUT2D eigenvalue weighted by Gasteiger charge is 2.58. The lowest BCUT2D eigenvalue weighted by Crippen LogP contribution is -2.45. The number of ketones is 1. The average Bonchev–Trinajstić information content (AvgIpc) is 3.05. The van der Waals surface area contributed by atoms with Crippen LogP contribution in [0.15, 0.2) is 18.2 Å². The van der Waals surface area contributed by atoms with Crippen LogP contribution in [-0.2, 0) is 25.7 Å². The molecule has 1 saturated carbocycles. The van der Waals surface area contributed by atoms with Gasteiger partial charge in [0.25, 0.3) is 5.91 Å². The van der Waals surface area contributed by atoms with Crippen molar-refractivity contribution in [3.8, 4) is 0 Å². The van der Waals surface area contributed by atoms with Crippen molar-refractivity contribution in [2.45, 2.75) is 25.4 Å². The lowest BCUT2D eigenvalue weighted by molar-refractivity contribution is -0.137.